The zero-order valence-corrected chi connectivity index (χ0v) is 36.9. The van der Waals surface area contributed by atoms with Crippen LogP contribution in [0.4, 0.5) is 0 Å². The maximum Gasteiger partial charge on any atom is 0.220 e. The molecule has 7 atom stereocenters. The number of carbonyl (C=O) groups excluding carboxylic acids is 1. The fourth-order valence-electron chi connectivity index (χ4n) is 7.66. The summed E-state index contributed by atoms with van der Waals surface area (Å²) in [6.45, 7) is 3.77. The number of rotatable bonds is 40. The number of hydrogen-bond donors (Lipinski definition) is 6. The molecule has 0 aromatic carbocycles. The normalized spacial score (nSPS) is 21.1. The van der Waals surface area contributed by atoms with E-state index in [1.807, 2.05) is 0 Å². The summed E-state index contributed by atoms with van der Waals surface area (Å²) in [6, 6.07) is -0.713. The molecular weight excluding hydrogens is 719 g/mol. The van der Waals surface area contributed by atoms with Crippen molar-refractivity contribution in [2.24, 2.45) is 0 Å². The molecule has 6 N–H and O–H groups in total. The number of nitrogens with one attached hydrogen (secondary N) is 1. The highest BCUT2D eigenvalue weighted by atomic mass is 16.7. The Morgan fingerprint density at radius 1 is 0.596 bits per heavy atom. The van der Waals surface area contributed by atoms with E-state index < -0.39 is 49.5 Å². The lowest BCUT2D eigenvalue weighted by molar-refractivity contribution is -0.302. The summed E-state index contributed by atoms with van der Waals surface area (Å²) >= 11 is 0. The molecule has 1 aliphatic rings. The molecule has 1 amide bonds. The standard InChI is InChI=1S/C48H91NO8/c1-3-5-7-9-11-12-13-14-15-16-17-18-19-20-21-22-23-24-25-26-27-28-29-30-32-34-36-38-44(52)49-41(42(51)37-35-33-31-10-8-6-4-2)40-56-48-47(55)46(54)45(53)43(39-50)57-48/h13-14,16-17,41-43,45-48,50-51,53-55H,3-12,15,18-40H2,1-2H3,(H,49,52)/b14-13-,17-16-. The van der Waals surface area contributed by atoms with Gasteiger partial charge in [0.15, 0.2) is 6.29 Å². The Morgan fingerprint density at radius 3 is 1.51 bits per heavy atom. The van der Waals surface area contributed by atoms with Gasteiger partial charge in [-0.1, -0.05) is 192 Å². The van der Waals surface area contributed by atoms with Crippen molar-refractivity contribution >= 4 is 5.91 Å². The second-order valence-corrected chi connectivity index (χ2v) is 16.9. The third-order valence-corrected chi connectivity index (χ3v) is 11.6. The Balaban J connectivity index is 2.12. The topological polar surface area (TPSA) is 149 Å². The van der Waals surface area contributed by atoms with Crippen molar-refractivity contribution in [3.63, 3.8) is 0 Å². The van der Waals surface area contributed by atoms with Crippen molar-refractivity contribution in [2.75, 3.05) is 13.2 Å². The van der Waals surface area contributed by atoms with Gasteiger partial charge in [-0.05, 0) is 44.9 Å². The van der Waals surface area contributed by atoms with Crippen molar-refractivity contribution in [1.82, 2.24) is 5.32 Å². The molecule has 0 bridgehead atoms. The summed E-state index contributed by atoms with van der Waals surface area (Å²) in [5.41, 5.74) is 0. The van der Waals surface area contributed by atoms with Crippen LogP contribution in [0.2, 0.25) is 0 Å². The first-order valence-electron chi connectivity index (χ1n) is 24.0. The Hall–Kier alpha value is -1.33. The maximum atomic E-state index is 12.9. The van der Waals surface area contributed by atoms with Gasteiger partial charge >= 0.3 is 0 Å². The number of hydrogen-bond acceptors (Lipinski definition) is 8. The van der Waals surface area contributed by atoms with Gasteiger partial charge in [0.1, 0.15) is 24.4 Å². The molecular formula is C48H91NO8. The first-order chi connectivity index (χ1) is 27.8. The van der Waals surface area contributed by atoms with Crippen LogP contribution in [0.25, 0.3) is 0 Å². The summed E-state index contributed by atoms with van der Waals surface area (Å²) < 4.78 is 11.2. The SMILES string of the molecule is CCCCCCC/C=C\C/C=C\CCCCCCCCCCCCCCCCCC(=O)NC(COC1OC(CO)C(O)C(O)C1O)C(O)CCCCCCCCC. The Bertz CT molecular complexity index is 945. The third kappa shape index (κ3) is 29.5. The van der Waals surface area contributed by atoms with Gasteiger partial charge in [0.25, 0.3) is 0 Å². The second-order valence-electron chi connectivity index (χ2n) is 16.9. The minimum absolute atomic E-state index is 0.137. The van der Waals surface area contributed by atoms with E-state index in [2.05, 4.69) is 43.5 Å². The van der Waals surface area contributed by atoms with Gasteiger partial charge in [-0.2, -0.15) is 0 Å². The molecule has 1 fully saturated rings. The van der Waals surface area contributed by atoms with Crippen LogP contribution in [0.5, 0.6) is 0 Å². The monoisotopic (exact) mass is 810 g/mol. The zero-order chi connectivity index (χ0) is 41.6. The molecule has 0 spiro atoms. The highest BCUT2D eigenvalue weighted by molar-refractivity contribution is 5.76. The average Bonchev–Trinajstić information content (AvgIpc) is 3.21. The van der Waals surface area contributed by atoms with Crippen molar-refractivity contribution in [2.45, 2.75) is 262 Å². The van der Waals surface area contributed by atoms with E-state index in [9.17, 15) is 30.3 Å². The van der Waals surface area contributed by atoms with Gasteiger partial charge in [-0.3, -0.25) is 4.79 Å². The van der Waals surface area contributed by atoms with Gasteiger partial charge in [0.05, 0.1) is 25.4 Å². The molecule has 0 aliphatic carbocycles. The lowest BCUT2D eigenvalue weighted by Crippen LogP contribution is -2.60. The molecule has 336 valence electrons. The fourth-order valence-corrected chi connectivity index (χ4v) is 7.66. The summed E-state index contributed by atoms with van der Waals surface area (Å²) in [5.74, 6) is -0.148. The van der Waals surface area contributed by atoms with Crippen LogP contribution < -0.4 is 5.32 Å². The van der Waals surface area contributed by atoms with Crippen LogP contribution >= 0.6 is 0 Å². The predicted octanol–water partition coefficient (Wildman–Crippen LogP) is 10.3. The van der Waals surface area contributed by atoms with Gasteiger partial charge in [0, 0.05) is 6.42 Å². The number of allylic oxidation sites excluding steroid dienone is 4. The average molecular weight is 810 g/mol. The van der Waals surface area contributed by atoms with Gasteiger partial charge in [0.2, 0.25) is 5.91 Å². The molecule has 0 aromatic heterocycles. The molecule has 57 heavy (non-hydrogen) atoms. The van der Waals surface area contributed by atoms with E-state index in [0.717, 1.165) is 44.9 Å². The maximum absolute atomic E-state index is 12.9. The Morgan fingerprint density at radius 2 is 1.04 bits per heavy atom. The Kier molecular flexibility index (Phi) is 36.6. The summed E-state index contributed by atoms with van der Waals surface area (Å²) in [5, 5.41) is 54.1. The molecule has 9 nitrogen and oxygen atoms in total. The molecule has 1 aliphatic heterocycles. The van der Waals surface area contributed by atoms with Crippen LogP contribution in [0, 0.1) is 0 Å². The molecule has 1 rings (SSSR count). The highest BCUT2D eigenvalue weighted by Gasteiger charge is 2.44. The summed E-state index contributed by atoms with van der Waals surface area (Å²) in [7, 11) is 0. The van der Waals surface area contributed by atoms with Crippen LogP contribution in [-0.4, -0.2) is 87.5 Å². The minimum atomic E-state index is -1.55. The van der Waals surface area contributed by atoms with E-state index >= 15 is 0 Å². The quantitative estimate of drug-likeness (QED) is 0.0265. The van der Waals surface area contributed by atoms with Crippen LogP contribution in [0.3, 0.4) is 0 Å². The first-order valence-corrected chi connectivity index (χ1v) is 24.0. The van der Waals surface area contributed by atoms with E-state index in [-0.39, 0.29) is 12.5 Å². The molecule has 0 saturated carbocycles. The van der Waals surface area contributed by atoms with Crippen LogP contribution in [0.1, 0.15) is 219 Å². The third-order valence-electron chi connectivity index (χ3n) is 11.6. The number of unbranched alkanes of at least 4 members (excludes halogenated alkanes) is 26. The number of carbonyl (C=O) groups is 1. The molecule has 1 heterocycles. The largest absolute Gasteiger partial charge is 0.394 e. The first kappa shape index (κ1) is 53.7. The van der Waals surface area contributed by atoms with Crippen LogP contribution in [0.15, 0.2) is 24.3 Å². The number of ether oxygens (including phenoxy) is 2. The van der Waals surface area contributed by atoms with E-state index in [0.29, 0.717) is 12.8 Å². The predicted molar refractivity (Wildman–Crippen MR) is 235 cm³/mol. The summed E-state index contributed by atoms with van der Waals surface area (Å²) in [6.07, 6.45) is 39.4. The fraction of sp³-hybridized carbons (Fsp3) is 0.896. The Labute approximate surface area is 349 Å². The molecule has 0 aromatic rings. The van der Waals surface area contributed by atoms with Gasteiger partial charge < -0.3 is 40.3 Å². The van der Waals surface area contributed by atoms with Crippen molar-refractivity contribution in [1.29, 1.82) is 0 Å². The smallest absolute Gasteiger partial charge is 0.220 e. The van der Waals surface area contributed by atoms with Gasteiger partial charge in [-0.15, -0.1) is 0 Å². The van der Waals surface area contributed by atoms with Crippen LogP contribution in [-0.2, 0) is 14.3 Å². The lowest BCUT2D eigenvalue weighted by Gasteiger charge is -2.40. The van der Waals surface area contributed by atoms with E-state index in [1.54, 1.807) is 0 Å². The van der Waals surface area contributed by atoms with Crippen molar-refractivity contribution < 1.29 is 39.8 Å². The van der Waals surface area contributed by atoms with E-state index in [4.69, 9.17) is 9.47 Å². The minimum Gasteiger partial charge on any atom is -0.394 e. The van der Waals surface area contributed by atoms with E-state index in [1.165, 1.54) is 148 Å². The molecule has 9 heteroatoms. The van der Waals surface area contributed by atoms with Gasteiger partial charge in [-0.25, -0.2) is 0 Å². The van der Waals surface area contributed by atoms with Crippen molar-refractivity contribution in [3.05, 3.63) is 24.3 Å². The number of aliphatic hydroxyl groups excluding tert-OH is 5. The number of amides is 1. The highest BCUT2D eigenvalue weighted by Crippen LogP contribution is 2.23. The molecule has 0 radical (unpaired) electrons. The zero-order valence-electron chi connectivity index (χ0n) is 36.9. The number of aliphatic hydroxyl groups is 5. The summed E-state index contributed by atoms with van der Waals surface area (Å²) in [4.78, 5) is 12.9. The second kappa shape index (κ2) is 38.8. The lowest BCUT2D eigenvalue weighted by atomic mass is 9.99. The van der Waals surface area contributed by atoms with Crippen molar-refractivity contribution in [3.8, 4) is 0 Å². The molecule has 1 saturated heterocycles. The molecule has 7 unspecified atom stereocenters.